The van der Waals surface area contributed by atoms with Gasteiger partial charge in [-0.15, -0.1) is 0 Å². The molecule has 1 heterocycles. The van der Waals surface area contributed by atoms with Gasteiger partial charge in [0.05, 0.1) is 0 Å². The van der Waals surface area contributed by atoms with Crippen LogP contribution in [-0.4, -0.2) is 36.5 Å². The van der Waals surface area contributed by atoms with Crippen LogP contribution in [0.3, 0.4) is 0 Å². The van der Waals surface area contributed by atoms with E-state index in [0.717, 1.165) is 26.1 Å². The maximum Gasteiger partial charge on any atom is 0.227 e. The monoisotopic (exact) mass is 252 g/mol. The molecule has 0 spiro atoms. The van der Waals surface area contributed by atoms with Crippen LogP contribution in [0, 0.1) is 16.7 Å². The first-order chi connectivity index (χ1) is 8.34. The molecule has 3 heteroatoms. The molecule has 104 valence electrons. The number of nitrogens with zero attached hydrogens (tertiary/aromatic N) is 1. The second-order valence-electron chi connectivity index (χ2n) is 7.00. The molecule has 0 aromatic rings. The van der Waals surface area contributed by atoms with Crippen molar-refractivity contribution in [3.63, 3.8) is 0 Å². The first kappa shape index (κ1) is 13.9. The molecule has 1 amide bonds. The van der Waals surface area contributed by atoms with Gasteiger partial charge in [0, 0.05) is 25.0 Å². The molecule has 2 fully saturated rings. The van der Waals surface area contributed by atoms with Crippen molar-refractivity contribution < 1.29 is 4.79 Å². The predicted molar refractivity (Wildman–Crippen MR) is 74.3 cm³/mol. The molecule has 0 aromatic carbocycles. The minimum absolute atomic E-state index is 0.152. The summed E-state index contributed by atoms with van der Waals surface area (Å²) in [6.07, 6.45) is 2.34. The molecule has 0 radical (unpaired) electrons. The van der Waals surface area contributed by atoms with E-state index in [2.05, 4.69) is 44.8 Å². The molecule has 0 aromatic heterocycles. The number of carbonyl (C=O) groups is 1. The molecular formula is C15H28N2O. The Morgan fingerprint density at radius 2 is 1.89 bits per heavy atom. The van der Waals surface area contributed by atoms with Crippen molar-refractivity contribution in [2.45, 2.75) is 53.5 Å². The summed E-state index contributed by atoms with van der Waals surface area (Å²) in [6.45, 7) is 13.9. The van der Waals surface area contributed by atoms with E-state index in [1.54, 1.807) is 0 Å². The number of nitrogens with one attached hydrogen (secondary N) is 1. The van der Waals surface area contributed by atoms with E-state index in [1.165, 1.54) is 6.42 Å². The van der Waals surface area contributed by atoms with Gasteiger partial charge in [0.15, 0.2) is 0 Å². The number of piperidine rings is 1. The number of likely N-dealkylation sites (N-methyl/N-ethyl adjacent to an activating group) is 1. The second kappa shape index (κ2) is 4.52. The summed E-state index contributed by atoms with van der Waals surface area (Å²) < 4.78 is 0. The van der Waals surface area contributed by atoms with Crippen molar-refractivity contribution in [1.29, 1.82) is 0 Å². The lowest BCUT2D eigenvalue weighted by atomic mass is 10.0. The second-order valence-corrected chi connectivity index (χ2v) is 7.00. The lowest BCUT2D eigenvalue weighted by Crippen LogP contribution is -2.49. The third-order valence-electron chi connectivity index (χ3n) is 5.60. The molecular weight excluding hydrogens is 224 g/mol. The largest absolute Gasteiger partial charge is 0.338 e. The molecule has 1 aliphatic carbocycles. The predicted octanol–water partition coefficient (Wildman–Crippen LogP) is 2.27. The summed E-state index contributed by atoms with van der Waals surface area (Å²) >= 11 is 0. The Hall–Kier alpha value is -0.570. The van der Waals surface area contributed by atoms with Crippen LogP contribution in [0.5, 0.6) is 0 Å². The first-order valence-corrected chi connectivity index (χ1v) is 7.35. The van der Waals surface area contributed by atoms with Gasteiger partial charge in [0.2, 0.25) is 5.91 Å². The highest BCUT2D eigenvalue weighted by atomic mass is 16.2. The summed E-state index contributed by atoms with van der Waals surface area (Å²) in [7, 11) is 0. The highest BCUT2D eigenvalue weighted by molar-refractivity contribution is 5.84. The van der Waals surface area contributed by atoms with Crippen molar-refractivity contribution in [3.05, 3.63) is 0 Å². The van der Waals surface area contributed by atoms with Gasteiger partial charge in [0.25, 0.3) is 0 Å². The van der Waals surface area contributed by atoms with Crippen LogP contribution < -0.4 is 5.32 Å². The quantitative estimate of drug-likeness (QED) is 0.835. The highest BCUT2D eigenvalue weighted by Crippen LogP contribution is 2.68. The molecule has 1 aliphatic heterocycles. The van der Waals surface area contributed by atoms with Gasteiger partial charge in [-0.2, -0.15) is 0 Å². The van der Waals surface area contributed by atoms with Crippen molar-refractivity contribution in [3.8, 4) is 0 Å². The summed E-state index contributed by atoms with van der Waals surface area (Å²) in [4.78, 5) is 14.9. The Kier molecular flexibility index (Phi) is 3.48. The topological polar surface area (TPSA) is 32.3 Å². The minimum atomic E-state index is 0.152. The summed E-state index contributed by atoms with van der Waals surface area (Å²) in [6, 6.07) is 0.406. The maximum atomic E-state index is 12.8. The van der Waals surface area contributed by atoms with E-state index < -0.39 is 0 Å². The van der Waals surface area contributed by atoms with E-state index in [-0.39, 0.29) is 16.7 Å². The number of hydrogen-bond acceptors (Lipinski definition) is 2. The summed E-state index contributed by atoms with van der Waals surface area (Å²) in [5.41, 5.74) is 0.305. The molecule has 1 saturated carbocycles. The molecule has 3 nitrogen and oxygen atoms in total. The van der Waals surface area contributed by atoms with Crippen LogP contribution in [0.2, 0.25) is 0 Å². The van der Waals surface area contributed by atoms with Crippen LogP contribution in [0.1, 0.15) is 47.5 Å². The van der Waals surface area contributed by atoms with Crippen LogP contribution in [0.4, 0.5) is 0 Å². The minimum Gasteiger partial charge on any atom is -0.338 e. The third-order valence-corrected chi connectivity index (χ3v) is 5.60. The Morgan fingerprint density at radius 3 is 2.28 bits per heavy atom. The van der Waals surface area contributed by atoms with Gasteiger partial charge >= 0.3 is 0 Å². The van der Waals surface area contributed by atoms with E-state index in [9.17, 15) is 4.79 Å². The van der Waals surface area contributed by atoms with Gasteiger partial charge in [-0.3, -0.25) is 4.79 Å². The zero-order valence-corrected chi connectivity index (χ0v) is 12.5. The van der Waals surface area contributed by atoms with E-state index >= 15 is 0 Å². The average molecular weight is 252 g/mol. The molecule has 1 saturated heterocycles. The lowest BCUT2D eigenvalue weighted by molar-refractivity contribution is -0.136. The van der Waals surface area contributed by atoms with Crippen molar-refractivity contribution in [2.75, 3.05) is 19.6 Å². The van der Waals surface area contributed by atoms with E-state index in [1.807, 2.05) is 0 Å². The zero-order valence-electron chi connectivity index (χ0n) is 12.5. The van der Waals surface area contributed by atoms with Gasteiger partial charge in [-0.05, 0) is 37.1 Å². The average Bonchev–Trinajstić information content (AvgIpc) is 2.71. The molecule has 0 bridgehead atoms. The Morgan fingerprint density at radius 1 is 1.28 bits per heavy atom. The Labute approximate surface area is 111 Å². The number of amides is 1. The van der Waals surface area contributed by atoms with Crippen LogP contribution >= 0.6 is 0 Å². The Balaban J connectivity index is 2.07. The van der Waals surface area contributed by atoms with Crippen molar-refractivity contribution in [1.82, 2.24) is 10.2 Å². The molecule has 1 atom stereocenters. The maximum absolute atomic E-state index is 12.8. The SMILES string of the molecule is CCN(C(=O)C1C(C)(C)C1(C)C)C1CCCNC1. The first-order valence-electron chi connectivity index (χ1n) is 7.35. The standard InChI is InChI=1S/C15H28N2O/c1-6-17(11-8-7-9-16-10-11)13(18)12-14(2,3)15(12,4)5/h11-12,16H,6-10H2,1-5H3. The van der Waals surface area contributed by atoms with Gasteiger partial charge < -0.3 is 10.2 Å². The number of rotatable bonds is 3. The van der Waals surface area contributed by atoms with Gasteiger partial charge in [-0.1, -0.05) is 27.7 Å². The Bertz CT molecular complexity index is 315. The zero-order chi connectivity index (χ0) is 13.6. The fourth-order valence-electron chi connectivity index (χ4n) is 3.67. The van der Waals surface area contributed by atoms with Gasteiger partial charge in [-0.25, -0.2) is 0 Å². The smallest absolute Gasteiger partial charge is 0.227 e. The normalized spacial score (nSPS) is 29.9. The van der Waals surface area contributed by atoms with E-state index in [4.69, 9.17) is 0 Å². The molecule has 18 heavy (non-hydrogen) atoms. The lowest BCUT2D eigenvalue weighted by Gasteiger charge is -2.34. The van der Waals surface area contributed by atoms with E-state index in [0.29, 0.717) is 11.9 Å². The fraction of sp³-hybridized carbons (Fsp3) is 0.933. The highest BCUT2D eigenvalue weighted by Gasteiger charge is 2.68. The van der Waals surface area contributed by atoms with Gasteiger partial charge in [0.1, 0.15) is 0 Å². The fourth-order valence-corrected chi connectivity index (χ4v) is 3.67. The van der Waals surface area contributed by atoms with Crippen molar-refractivity contribution >= 4 is 5.91 Å². The molecule has 1 unspecified atom stereocenters. The third kappa shape index (κ3) is 1.97. The molecule has 2 aliphatic rings. The van der Waals surface area contributed by atoms with Crippen molar-refractivity contribution in [2.24, 2.45) is 16.7 Å². The molecule has 2 rings (SSSR count). The van der Waals surface area contributed by atoms with Crippen LogP contribution in [0.25, 0.3) is 0 Å². The number of carbonyl (C=O) groups excluding carboxylic acids is 1. The molecule has 1 N–H and O–H groups in total. The van der Waals surface area contributed by atoms with Crippen LogP contribution in [-0.2, 0) is 4.79 Å². The van der Waals surface area contributed by atoms with Crippen LogP contribution in [0.15, 0.2) is 0 Å². The summed E-state index contributed by atoms with van der Waals surface area (Å²) in [5.74, 6) is 0.577. The number of hydrogen-bond donors (Lipinski definition) is 1. The summed E-state index contributed by atoms with van der Waals surface area (Å²) in [5, 5.41) is 3.41.